The van der Waals surface area contributed by atoms with Crippen molar-refractivity contribution < 1.29 is 9.53 Å². The molecule has 2 nitrogen and oxygen atoms in total. The van der Waals surface area contributed by atoms with Crippen molar-refractivity contribution in [1.82, 2.24) is 0 Å². The van der Waals surface area contributed by atoms with Gasteiger partial charge in [0.2, 0.25) is 0 Å². The molecule has 101 valence electrons. The van der Waals surface area contributed by atoms with E-state index in [1.165, 1.54) is 25.7 Å². The molecule has 0 spiro atoms. The first kappa shape index (κ1) is 12.7. The molecule has 0 heterocycles. The highest BCUT2D eigenvalue weighted by molar-refractivity contribution is 5.89. The van der Waals surface area contributed by atoms with Gasteiger partial charge >= 0.3 is 5.97 Å². The molecule has 2 aliphatic rings. The molecule has 1 radical (unpaired) electrons. The van der Waals surface area contributed by atoms with Crippen LogP contribution in [0.15, 0.2) is 30.3 Å². The standard InChI is InChI=1S/C17H21O2/c18-17(14-7-2-1-3-8-14)19-16-11-10-13-6-4-5-9-15(13)12-16/h1-4,7-8,13,15-16H,5-6,9-12H2. The third-order valence-electron chi connectivity index (χ3n) is 4.59. The maximum absolute atomic E-state index is 12.0. The number of benzene rings is 1. The molecule has 0 aliphatic heterocycles. The average Bonchev–Trinajstić information content (AvgIpc) is 2.48. The van der Waals surface area contributed by atoms with E-state index < -0.39 is 0 Å². The number of rotatable bonds is 2. The lowest BCUT2D eigenvalue weighted by Crippen LogP contribution is -2.33. The number of hydrogen-bond acceptors (Lipinski definition) is 2. The van der Waals surface area contributed by atoms with Gasteiger partial charge in [-0.2, -0.15) is 0 Å². The van der Waals surface area contributed by atoms with Crippen molar-refractivity contribution in [1.29, 1.82) is 0 Å². The van der Waals surface area contributed by atoms with Crippen molar-refractivity contribution in [2.45, 2.75) is 44.6 Å². The Labute approximate surface area is 115 Å². The van der Waals surface area contributed by atoms with Gasteiger partial charge in [0.1, 0.15) is 6.10 Å². The van der Waals surface area contributed by atoms with E-state index in [4.69, 9.17) is 4.74 Å². The largest absolute Gasteiger partial charge is 0.459 e. The Bertz CT molecular complexity index is 426. The lowest BCUT2D eigenvalue weighted by atomic mass is 9.70. The molecule has 3 rings (SSSR count). The highest BCUT2D eigenvalue weighted by atomic mass is 16.5. The van der Waals surface area contributed by atoms with E-state index in [0.717, 1.165) is 24.7 Å². The summed E-state index contributed by atoms with van der Waals surface area (Å²) in [4.78, 5) is 12.0. The molecule has 1 aromatic rings. The van der Waals surface area contributed by atoms with Crippen molar-refractivity contribution in [3.63, 3.8) is 0 Å². The van der Waals surface area contributed by atoms with Crippen LogP contribution in [-0.2, 0) is 4.74 Å². The molecular weight excluding hydrogens is 236 g/mol. The van der Waals surface area contributed by atoms with Crippen LogP contribution >= 0.6 is 0 Å². The van der Waals surface area contributed by atoms with Crippen molar-refractivity contribution in [2.24, 2.45) is 11.8 Å². The first-order valence-electron chi connectivity index (χ1n) is 7.40. The molecule has 2 heteroatoms. The minimum absolute atomic E-state index is 0.132. The van der Waals surface area contributed by atoms with Crippen LogP contribution in [-0.4, -0.2) is 12.1 Å². The third-order valence-corrected chi connectivity index (χ3v) is 4.59. The van der Waals surface area contributed by atoms with Gasteiger partial charge in [0.05, 0.1) is 5.56 Å². The second-order valence-electron chi connectivity index (χ2n) is 5.83. The van der Waals surface area contributed by atoms with E-state index >= 15 is 0 Å². The molecule has 0 bridgehead atoms. The fraction of sp³-hybridized carbons (Fsp3) is 0.529. The highest BCUT2D eigenvalue weighted by Gasteiger charge is 2.33. The van der Waals surface area contributed by atoms with Crippen LogP contribution in [0.3, 0.4) is 0 Å². The van der Waals surface area contributed by atoms with Crippen LogP contribution in [0.5, 0.6) is 0 Å². The molecule has 1 aromatic carbocycles. The lowest BCUT2D eigenvalue weighted by molar-refractivity contribution is 0.00170. The Morgan fingerprint density at radius 1 is 1.05 bits per heavy atom. The predicted octanol–water partition coefficient (Wildman–Crippen LogP) is 4.02. The zero-order valence-corrected chi connectivity index (χ0v) is 11.3. The first-order valence-corrected chi connectivity index (χ1v) is 7.40. The molecule has 2 fully saturated rings. The smallest absolute Gasteiger partial charge is 0.338 e. The fourth-order valence-corrected chi connectivity index (χ4v) is 3.51. The second-order valence-corrected chi connectivity index (χ2v) is 5.83. The van der Waals surface area contributed by atoms with E-state index in [9.17, 15) is 4.79 Å². The lowest BCUT2D eigenvalue weighted by Gasteiger charge is -2.38. The first-order chi connectivity index (χ1) is 9.33. The van der Waals surface area contributed by atoms with Gasteiger partial charge in [-0.05, 0) is 68.9 Å². The maximum atomic E-state index is 12.0. The number of hydrogen-bond donors (Lipinski definition) is 0. The topological polar surface area (TPSA) is 26.3 Å². The van der Waals surface area contributed by atoms with Crippen molar-refractivity contribution in [3.8, 4) is 0 Å². The van der Waals surface area contributed by atoms with Crippen molar-refractivity contribution >= 4 is 5.97 Å². The summed E-state index contributed by atoms with van der Waals surface area (Å²) in [6.07, 6.45) is 9.66. The van der Waals surface area contributed by atoms with Gasteiger partial charge < -0.3 is 4.74 Å². The summed E-state index contributed by atoms with van der Waals surface area (Å²) < 4.78 is 5.68. The number of carbonyl (C=O) groups excluding carboxylic acids is 1. The zero-order chi connectivity index (χ0) is 13.1. The summed E-state index contributed by atoms with van der Waals surface area (Å²) in [5.41, 5.74) is 0.668. The summed E-state index contributed by atoms with van der Waals surface area (Å²) in [7, 11) is 0. The fourth-order valence-electron chi connectivity index (χ4n) is 3.51. The van der Waals surface area contributed by atoms with Crippen molar-refractivity contribution in [3.05, 3.63) is 42.3 Å². The van der Waals surface area contributed by atoms with E-state index in [1.807, 2.05) is 30.3 Å². The molecule has 3 unspecified atom stereocenters. The molecule has 2 aliphatic carbocycles. The van der Waals surface area contributed by atoms with Gasteiger partial charge in [-0.3, -0.25) is 0 Å². The molecule has 0 aromatic heterocycles. The van der Waals surface area contributed by atoms with Gasteiger partial charge in [-0.25, -0.2) is 4.79 Å². The second kappa shape index (κ2) is 5.77. The monoisotopic (exact) mass is 257 g/mol. The molecule has 3 atom stereocenters. The van der Waals surface area contributed by atoms with E-state index in [1.54, 1.807) is 0 Å². The third kappa shape index (κ3) is 2.99. The molecule has 19 heavy (non-hydrogen) atoms. The van der Waals surface area contributed by atoms with E-state index in [2.05, 4.69) is 6.42 Å². The Morgan fingerprint density at radius 3 is 2.74 bits per heavy atom. The van der Waals surface area contributed by atoms with Crippen LogP contribution in [0.4, 0.5) is 0 Å². The van der Waals surface area contributed by atoms with Gasteiger partial charge in [0, 0.05) is 0 Å². The predicted molar refractivity (Wildman–Crippen MR) is 74.6 cm³/mol. The number of carbonyl (C=O) groups is 1. The van der Waals surface area contributed by atoms with Crippen LogP contribution in [0.2, 0.25) is 0 Å². The van der Waals surface area contributed by atoms with E-state index in [-0.39, 0.29) is 12.1 Å². The molecular formula is C17H21O2. The summed E-state index contributed by atoms with van der Waals surface area (Å²) in [5.74, 6) is 1.46. The Balaban J connectivity index is 1.57. The summed E-state index contributed by atoms with van der Waals surface area (Å²) in [6.45, 7) is 0. The normalized spacial score (nSPS) is 30.4. The van der Waals surface area contributed by atoms with Crippen LogP contribution < -0.4 is 0 Å². The summed E-state index contributed by atoms with van der Waals surface area (Å²) >= 11 is 0. The van der Waals surface area contributed by atoms with Gasteiger partial charge in [-0.15, -0.1) is 0 Å². The molecule has 0 amide bonds. The Hall–Kier alpha value is -1.31. The quantitative estimate of drug-likeness (QED) is 0.748. The minimum Gasteiger partial charge on any atom is -0.459 e. The summed E-state index contributed by atoms with van der Waals surface area (Å²) in [5, 5.41) is 0. The molecule has 0 saturated heterocycles. The Morgan fingerprint density at radius 2 is 1.89 bits per heavy atom. The SMILES string of the molecule is O=C(OC1CCC2C[CH]CCC2C1)c1ccccc1. The van der Waals surface area contributed by atoms with Gasteiger partial charge in [-0.1, -0.05) is 18.2 Å². The minimum atomic E-state index is -0.161. The van der Waals surface area contributed by atoms with Gasteiger partial charge in [0.25, 0.3) is 0 Å². The highest BCUT2D eigenvalue weighted by Crippen LogP contribution is 2.41. The van der Waals surface area contributed by atoms with Crippen molar-refractivity contribution in [2.75, 3.05) is 0 Å². The zero-order valence-electron chi connectivity index (χ0n) is 11.3. The maximum Gasteiger partial charge on any atom is 0.338 e. The number of esters is 1. The Kier molecular flexibility index (Phi) is 3.86. The van der Waals surface area contributed by atoms with Crippen LogP contribution in [0, 0.1) is 18.3 Å². The van der Waals surface area contributed by atoms with Crippen LogP contribution in [0.1, 0.15) is 48.9 Å². The van der Waals surface area contributed by atoms with E-state index in [0.29, 0.717) is 5.56 Å². The number of ether oxygens (including phenoxy) is 1. The molecule has 2 saturated carbocycles. The van der Waals surface area contributed by atoms with Crippen LogP contribution in [0.25, 0.3) is 0 Å². The number of fused-ring (bicyclic) bond motifs is 1. The average molecular weight is 257 g/mol. The summed E-state index contributed by atoms with van der Waals surface area (Å²) in [6, 6.07) is 9.32. The van der Waals surface area contributed by atoms with Gasteiger partial charge in [0.15, 0.2) is 0 Å². The molecule has 0 N–H and O–H groups in total.